The summed E-state index contributed by atoms with van der Waals surface area (Å²) >= 11 is 1.99. The van der Waals surface area contributed by atoms with Crippen LogP contribution in [0.2, 0.25) is 0 Å². The predicted octanol–water partition coefficient (Wildman–Crippen LogP) is 4.67. The van der Waals surface area contributed by atoms with Crippen molar-refractivity contribution in [3.05, 3.63) is 47.4 Å². The van der Waals surface area contributed by atoms with E-state index >= 15 is 0 Å². The summed E-state index contributed by atoms with van der Waals surface area (Å²) in [4.78, 5) is 0. The molecule has 1 aliphatic heterocycles. The van der Waals surface area contributed by atoms with Crippen LogP contribution in [-0.4, -0.2) is 5.75 Å². The third kappa shape index (κ3) is 4.05. The Morgan fingerprint density at radius 1 is 1.12 bits per heavy atom. The average Bonchev–Trinajstić information content (AvgIpc) is 2.45. The summed E-state index contributed by atoms with van der Waals surface area (Å²) in [6.07, 6.45) is 9.00. The third-order valence-corrected chi connectivity index (χ3v) is 4.17. The van der Waals surface area contributed by atoms with E-state index < -0.39 is 0 Å². The summed E-state index contributed by atoms with van der Waals surface area (Å²) in [5.41, 5.74) is 1.50. The minimum absolute atomic E-state index is 0.857. The molecule has 1 atom stereocenters. The zero-order chi connectivity index (χ0) is 11.1. The molecule has 86 valence electrons. The van der Waals surface area contributed by atoms with Gasteiger partial charge >= 0.3 is 0 Å². The quantitative estimate of drug-likeness (QED) is 0.714. The van der Waals surface area contributed by atoms with E-state index in [0.717, 1.165) is 5.92 Å². The van der Waals surface area contributed by atoms with Crippen molar-refractivity contribution in [2.24, 2.45) is 5.92 Å². The van der Waals surface area contributed by atoms with Gasteiger partial charge in [-0.1, -0.05) is 42.8 Å². The molecule has 0 N–H and O–H groups in total. The second-order valence-electron chi connectivity index (χ2n) is 4.55. The van der Waals surface area contributed by atoms with E-state index in [1.54, 1.807) is 0 Å². The Morgan fingerprint density at radius 3 is 2.88 bits per heavy atom. The highest BCUT2D eigenvalue weighted by atomic mass is 32.2. The number of hydrogen-bond donors (Lipinski definition) is 0. The zero-order valence-electron chi connectivity index (χ0n) is 9.77. The Hall–Kier alpha value is -0.690. The Bertz CT molecular complexity index is 315. The second kappa shape index (κ2) is 6.80. The van der Waals surface area contributed by atoms with Crippen LogP contribution in [0, 0.1) is 5.92 Å². The van der Waals surface area contributed by atoms with E-state index in [0.29, 0.717) is 0 Å². The summed E-state index contributed by atoms with van der Waals surface area (Å²) in [6, 6.07) is 10.9. The molecule has 2 rings (SSSR count). The number of allylic oxidation sites excluding steroid dienone is 1. The lowest BCUT2D eigenvalue weighted by atomic mass is 9.95. The van der Waals surface area contributed by atoms with Crippen LogP contribution in [0.15, 0.2) is 41.8 Å². The first-order valence-electron chi connectivity index (χ1n) is 6.25. The molecule has 0 saturated carbocycles. The highest BCUT2D eigenvalue weighted by Gasteiger charge is 2.10. The predicted molar refractivity (Wildman–Crippen MR) is 73.7 cm³/mol. The van der Waals surface area contributed by atoms with Crippen LogP contribution >= 0.6 is 11.8 Å². The third-order valence-electron chi connectivity index (χ3n) is 3.12. The molecule has 1 aromatic carbocycles. The van der Waals surface area contributed by atoms with Gasteiger partial charge in [0.2, 0.25) is 0 Å². The number of thioether (sulfide) groups is 1. The van der Waals surface area contributed by atoms with E-state index in [-0.39, 0.29) is 0 Å². The molecule has 0 saturated heterocycles. The van der Waals surface area contributed by atoms with Gasteiger partial charge in [-0.3, -0.25) is 0 Å². The van der Waals surface area contributed by atoms with Crippen molar-refractivity contribution < 1.29 is 0 Å². The molecule has 1 aliphatic rings. The number of hydrogen-bond acceptors (Lipinski definition) is 1. The fraction of sp³-hybridized carbons (Fsp3) is 0.467. The highest BCUT2D eigenvalue weighted by molar-refractivity contribution is 8.02. The van der Waals surface area contributed by atoms with Crippen LogP contribution in [0.1, 0.15) is 31.2 Å². The molecule has 0 aliphatic carbocycles. The Labute approximate surface area is 103 Å². The second-order valence-corrected chi connectivity index (χ2v) is 5.48. The van der Waals surface area contributed by atoms with Crippen LogP contribution in [0.25, 0.3) is 0 Å². The average molecular weight is 232 g/mol. The zero-order valence-corrected chi connectivity index (χ0v) is 10.6. The van der Waals surface area contributed by atoms with Crippen LogP contribution < -0.4 is 0 Å². The van der Waals surface area contributed by atoms with Gasteiger partial charge in [-0.05, 0) is 42.6 Å². The first-order valence-corrected chi connectivity index (χ1v) is 7.30. The molecule has 0 radical (unpaired) electrons. The first-order chi connectivity index (χ1) is 7.95. The first kappa shape index (κ1) is 11.8. The van der Waals surface area contributed by atoms with Crippen molar-refractivity contribution in [1.29, 1.82) is 0 Å². The molecule has 1 heteroatoms. The van der Waals surface area contributed by atoms with Crippen molar-refractivity contribution in [1.82, 2.24) is 0 Å². The molecular weight excluding hydrogens is 212 g/mol. The standard InChI is InChI=1S/C15H20S/c1-2-7-11-16-13-15(10-4-1)12-14-8-5-3-6-9-14/h3,5-9,11,15H,1-2,4,10,12-13H2. The molecule has 1 aromatic rings. The van der Waals surface area contributed by atoms with Crippen LogP contribution in [0.5, 0.6) is 0 Å². The van der Waals surface area contributed by atoms with Gasteiger partial charge < -0.3 is 0 Å². The van der Waals surface area contributed by atoms with Crippen molar-refractivity contribution in [3.8, 4) is 0 Å². The Balaban J connectivity index is 1.89. The van der Waals surface area contributed by atoms with E-state index in [2.05, 4.69) is 41.8 Å². The lowest BCUT2D eigenvalue weighted by Gasteiger charge is -2.15. The van der Waals surface area contributed by atoms with Gasteiger partial charge in [-0.25, -0.2) is 0 Å². The maximum atomic E-state index is 2.33. The normalized spacial score (nSPS) is 22.1. The maximum absolute atomic E-state index is 2.33. The molecule has 1 heterocycles. The summed E-state index contributed by atoms with van der Waals surface area (Å²) in [5.74, 6) is 2.14. The summed E-state index contributed by atoms with van der Waals surface area (Å²) in [5, 5.41) is 2.29. The Morgan fingerprint density at radius 2 is 2.00 bits per heavy atom. The van der Waals surface area contributed by atoms with Gasteiger partial charge in [-0.15, -0.1) is 11.8 Å². The van der Waals surface area contributed by atoms with Crippen LogP contribution in [0.4, 0.5) is 0 Å². The fourth-order valence-electron chi connectivity index (χ4n) is 2.21. The van der Waals surface area contributed by atoms with Gasteiger partial charge in [0.25, 0.3) is 0 Å². The van der Waals surface area contributed by atoms with Crippen molar-refractivity contribution in [2.45, 2.75) is 32.1 Å². The lowest BCUT2D eigenvalue weighted by Crippen LogP contribution is -2.07. The van der Waals surface area contributed by atoms with Crippen molar-refractivity contribution >= 4 is 11.8 Å². The highest BCUT2D eigenvalue weighted by Crippen LogP contribution is 2.23. The van der Waals surface area contributed by atoms with Crippen molar-refractivity contribution in [2.75, 3.05) is 5.75 Å². The summed E-state index contributed by atoms with van der Waals surface area (Å²) < 4.78 is 0. The largest absolute Gasteiger partial charge is 0.134 e. The van der Waals surface area contributed by atoms with Gasteiger partial charge in [-0.2, -0.15) is 0 Å². The van der Waals surface area contributed by atoms with E-state index in [4.69, 9.17) is 0 Å². The number of benzene rings is 1. The molecule has 0 bridgehead atoms. The SMILES string of the molecule is C1=CSCC(Cc2ccccc2)CCCC1. The number of rotatable bonds is 2. The molecule has 0 nitrogen and oxygen atoms in total. The molecule has 0 aromatic heterocycles. The van der Waals surface area contributed by atoms with Gasteiger partial charge in [0, 0.05) is 5.75 Å². The summed E-state index contributed by atoms with van der Waals surface area (Å²) in [7, 11) is 0. The molecule has 0 amide bonds. The smallest absolute Gasteiger partial charge is 0.000549 e. The molecule has 0 spiro atoms. The van der Waals surface area contributed by atoms with Crippen LogP contribution in [0.3, 0.4) is 0 Å². The van der Waals surface area contributed by atoms with Gasteiger partial charge in [0.15, 0.2) is 0 Å². The van der Waals surface area contributed by atoms with Gasteiger partial charge in [0.05, 0.1) is 0 Å². The van der Waals surface area contributed by atoms with Gasteiger partial charge in [0.1, 0.15) is 0 Å². The molecule has 16 heavy (non-hydrogen) atoms. The minimum Gasteiger partial charge on any atom is -0.134 e. The molecule has 1 unspecified atom stereocenters. The molecular formula is C15H20S. The fourth-order valence-corrected chi connectivity index (χ4v) is 3.15. The van der Waals surface area contributed by atoms with E-state index in [1.165, 1.54) is 43.4 Å². The monoisotopic (exact) mass is 232 g/mol. The van der Waals surface area contributed by atoms with E-state index in [9.17, 15) is 0 Å². The minimum atomic E-state index is 0.857. The lowest BCUT2D eigenvalue weighted by molar-refractivity contribution is 0.506. The van der Waals surface area contributed by atoms with Crippen molar-refractivity contribution in [3.63, 3.8) is 0 Å². The summed E-state index contributed by atoms with van der Waals surface area (Å²) in [6.45, 7) is 0. The molecule has 0 fully saturated rings. The maximum Gasteiger partial charge on any atom is 0.000549 e. The Kier molecular flexibility index (Phi) is 5.01. The topological polar surface area (TPSA) is 0 Å². The van der Waals surface area contributed by atoms with Crippen LogP contribution in [-0.2, 0) is 6.42 Å². The van der Waals surface area contributed by atoms with E-state index in [1.807, 2.05) is 11.8 Å².